The third-order valence-corrected chi connectivity index (χ3v) is 3.13. The number of benzene rings is 2. The highest BCUT2D eigenvalue weighted by Gasteiger charge is 2.10. The normalized spacial score (nSPS) is 11.2. The van der Waals surface area contributed by atoms with Gasteiger partial charge in [-0.2, -0.15) is 4.68 Å². The SMILES string of the molecule is O=c1c2ccccc2nnn1-c1[c]c2nnn(O)c2cc1. The minimum atomic E-state index is -0.299. The second-order valence-corrected chi connectivity index (χ2v) is 4.38. The molecule has 101 valence electrons. The lowest BCUT2D eigenvalue weighted by Crippen LogP contribution is -2.22. The Balaban J connectivity index is 1.99. The summed E-state index contributed by atoms with van der Waals surface area (Å²) >= 11 is 0. The van der Waals surface area contributed by atoms with Gasteiger partial charge in [0.15, 0.2) is 0 Å². The molecule has 1 N–H and O–H groups in total. The van der Waals surface area contributed by atoms with Crippen molar-refractivity contribution in [1.29, 1.82) is 0 Å². The number of hydrogen-bond acceptors (Lipinski definition) is 6. The van der Waals surface area contributed by atoms with Crippen LogP contribution in [0.4, 0.5) is 0 Å². The molecule has 2 aromatic heterocycles. The summed E-state index contributed by atoms with van der Waals surface area (Å²) < 4.78 is 1.14. The maximum absolute atomic E-state index is 12.4. The lowest BCUT2D eigenvalue weighted by atomic mass is 10.2. The third kappa shape index (κ3) is 1.66. The van der Waals surface area contributed by atoms with Crippen LogP contribution < -0.4 is 5.56 Å². The molecule has 4 rings (SSSR count). The van der Waals surface area contributed by atoms with Crippen LogP contribution in [0, 0.1) is 6.07 Å². The Morgan fingerprint density at radius 3 is 2.81 bits per heavy atom. The van der Waals surface area contributed by atoms with E-state index in [2.05, 4.69) is 26.7 Å². The van der Waals surface area contributed by atoms with Crippen molar-refractivity contribution in [2.75, 3.05) is 0 Å². The van der Waals surface area contributed by atoms with Crippen LogP contribution in [-0.4, -0.2) is 35.4 Å². The van der Waals surface area contributed by atoms with Gasteiger partial charge in [0.05, 0.1) is 11.1 Å². The summed E-state index contributed by atoms with van der Waals surface area (Å²) in [5, 5.41) is 25.0. The van der Waals surface area contributed by atoms with Crippen LogP contribution in [0.1, 0.15) is 0 Å². The van der Waals surface area contributed by atoms with Crippen molar-refractivity contribution < 1.29 is 5.21 Å². The molecule has 4 aromatic rings. The molecule has 0 spiro atoms. The molecule has 0 aliphatic heterocycles. The Hall–Kier alpha value is -3.29. The summed E-state index contributed by atoms with van der Waals surface area (Å²) in [4.78, 5) is 13.1. The van der Waals surface area contributed by atoms with Gasteiger partial charge in [-0.05, 0) is 29.5 Å². The number of rotatable bonds is 1. The quantitative estimate of drug-likeness (QED) is 0.511. The molecule has 8 nitrogen and oxygen atoms in total. The Morgan fingerprint density at radius 1 is 1.05 bits per heavy atom. The predicted octanol–water partition coefficient (Wildman–Crippen LogP) is 0.563. The minimum absolute atomic E-state index is 0.299. The average molecular weight is 279 g/mol. The van der Waals surface area contributed by atoms with Crippen LogP contribution in [0.15, 0.2) is 41.2 Å². The molecule has 0 aliphatic carbocycles. The van der Waals surface area contributed by atoms with Crippen molar-refractivity contribution >= 4 is 21.9 Å². The number of aromatic nitrogens is 6. The van der Waals surface area contributed by atoms with Gasteiger partial charge >= 0.3 is 0 Å². The molecule has 0 aliphatic rings. The van der Waals surface area contributed by atoms with E-state index in [-0.39, 0.29) is 5.56 Å². The molecular formula is C13H7N6O2. The predicted molar refractivity (Wildman–Crippen MR) is 72.2 cm³/mol. The molecule has 0 fully saturated rings. The molecule has 1 radical (unpaired) electrons. The van der Waals surface area contributed by atoms with E-state index in [9.17, 15) is 10.0 Å². The summed E-state index contributed by atoms with van der Waals surface area (Å²) in [6.07, 6.45) is 0. The van der Waals surface area contributed by atoms with Crippen LogP contribution >= 0.6 is 0 Å². The van der Waals surface area contributed by atoms with E-state index in [0.717, 1.165) is 4.68 Å². The second kappa shape index (κ2) is 4.10. The van der Waals surface area contributed by atoms with Crippen molar-refractivity contribution in [3.05, 3.63) is 52.8 Å². The average Bonchev–Trinajstić information content (AvgIpc) is 2.89. The van der Waals surface area contributed by atoms with Crippen molar-refractivity contribution in [1.82, 2.24) is 30.2 Å². The van der Waals surface area contributed by atoms with Crippen LogP contribution in [0.5, 0.6) is 0 Å². The van der Waals surface area contributed by atoms with Crippen LogP contribution in [0.2, 0.25) is 0 Å². The van der Waals surface area contributed by atoms with E-state index in [1.165, 1.54) is 0 Å². The van der Waals surface area contributed by atoms with Crippen molar-refractivity contribution in [3.63, 3.8) is 0 Å². The standard InChI is InChI=1S/C13H7N6O2/c20-13-9-3-1-2-4-10(9)14-16-18(13)8-5-6-12-11(7-8)15-17-19(12)21/h1-6,21H. The van der Waals surface area contributed by atoms with Gasteiger partial charge in [-0.1, -0.05) is 22.2 Å². The highest BCUT2D eigenvalue weighted by Crippen LogP contribution is 2.13. The van der Waals surface area contributed by atoms with Gasteiger partial charge in [0, 0.05) is 6.07 Å². The van der Waals surface area contributed by atoms with Gasteiger partial charge < -0.3 is 5.21 Å². The number of nitrogens with zero attached hydrogens (tertiary/aromatic N) is 6. The zero-order valence-corrected chi connectivity index (χ0v) is 10.5. The summed E-state index contributed by atoms with van der Waals surface area (Å²) in [6.45, 7) is 0. The highest BCUT2D eigenvalue weighted by molar-refractivity contribution is 5.78. The van der Waals surface area contributed by atoms with Crippen LogP contribution in [-0.2, 0) is 0 Å². The fraction of sp³-hybridized carbons (Fsp3) is 0. The van der Waals surface area contributed by atoms with E-state index in [1.807, 2.05) is 0 Å². The fourth-order valence-corrected chi connectivity index (χ4v) is 2.11. The summed E-state index contributed by atoms with van der Waals surface area (Å²) in [5.41, 5.74) is 1.33. The lowest BCUT2D eigenvalue weighted by molar-refractivity contribution is 0.155. The van der Waals surface area contributed by atoms with E-state index >= 15 is 0 Å². The van der Waals surface area contributed by atoms with Gasteiger partial charge in [-0.25, -0.2) is 0 Å². The van der Waals surface area contributed by atoms with Crippen molar-refractivity contribution in [2.45, 2.75) is 0 Å². The van der Waals surface area contributed by atoms with Crippen molar-refractivity contribution in [2.24, 2.45) is 0 Å². The topological polar surface area (TPSA) is 98.7 Å². The molecular weight excluding hydrogens is 272 g/mol. The summed E-state index contributed by atoms with van der Waals surface area (Å²) in [5.74, 6) is 0. The Labute approximate surface area is 116 Å². The van der Waals surface area contributed by atoms with E-state index in [1.54, 1.807) is 36.4 Å². The lowest BCUT2D eigenvalue weighted by Gasteiger charge is -2.03. The number of fused-ring (bicyclic) bond motifs is 2. The molecule has 2 heterocycles. The molecule has 0 unspecified atom stereocenters. The number of hydrogen-bond donors (Lipinski definition) is 1. The summed E-state index contributed by atoms with van der Waals surface area (Å²) in [7, 11) is 0. The van der Waals surface area contributed by atoms with E-state index in [4.69, 9.17) is 0 Å². The largest absolute Gasteiger partial charge is 0.410 e. The van der Waals surface area contributed by atoms with Gasteiger partial charge in [0.1, 0.15) is 16.6 Å². The Bertz CT molecular complexity index is 1040. The first kappa shape index (κ1) is 11.5. The first-order valence-corrected chi connectivity index (χ1v) is 6.06. The maximum Gasteiger partial charge on any atom is 0.282 e. The Morgan fingerprint density at radius 2 is 1.90 bits per heavy atom. The van der Waals surface area contributed by atoms with E-state index < -0.39 is 0 Å². The zero-order valence-electron chi connectivity index (χ0n) is 10.5. The molecule has 0 amide bonds. The first-order valence-electron chi connectivity index (χ1n) is 6.06. The molecule has 0 bridgehead atoms. The zero-order chi connectivity index (χ0) is 14.4. The highest BCUT2D eigenvalue weighted by atomic mass is 16.5. The maximum atomic E-state index is 12.4. The second-order valence-electron chi connectivity index (χ2n) is 4.38. The molecule has 0 saturated carbocycles. The smallest absolute Gasteiger partial charge is 0.282 e. The van der Waals surface area contributed by atoms with Crippen molar-refractivity contribution in [3.8, 4) is 5.69 Å². The summed E-state index contributed by atoms with van der Waals surface area (Å²) in [6, 6.07) is 13.0. The molecule has 8 heteroatoms. The monoisotopic (exact) mass is 279 g/mol. The van der Waals surface area contributed by atoms with Gasteiger partial charge in [-0.3, -0.25) is 4.79 Å². The molecule has 0 saturated heterocycles. The van der Waals surface area contributed by atoms with E-state index in [0.29, 0.717) is 32.5 Å². The van der Waals surface area contributed by atoms with Gasteiger partial charge in [0.2, 0.25) is 0 Å². The minimum Gasteiger partial charge on any atom is -0.410 e. The van der Waals surface area contributed by atoms with Crippen LogP contribution in [0.3, 0.4) is 0 Å². The molecule has 21 heavy (non-hydrogen) atoms. The van der Waals surface area contributed by atoms with Crippen LogP contribution in [0.25, 0.3) is 27.6 Å². The van der Waals surface area contributed by atoms with Gasteiger partial charge in [-0.15, -0.1) is 10.2 Å². The van der Waals surface area contributed by atoms with Gasteiger partial charge in [0.25, 0.3) is 5.56 Å². The Kier molecular flexibility index (Phi) is 2.25. The fourth-order valence-electron chi connectivity index (χ4n) is 2.11. The molecule has 0 atom stereocenters. The molecule has 2 aromatic carbocycles. The first-order chi connectivity index (χ1) is 10.2. The third-order valence-electron chi connectivity index (χ3n) is 3.13.